The highest BCUT2D eigenvalue weighted by Crippen LogP contribution is 2.40. The van der Waals surface area contributed by atoms with Crippen LogP contribution in [0.4, 0.5) is 5.82 Å². The Bertz CT molecular complexity index is 983. The minimum absolute atomic E-state index is 0.231. The Morgan fingerprint density at radius 3 is 2.79 bits per heavy atom. The molecule has 3 heterocycles. The number of ether oxygens (including phenoxy) is 2. The molecule has 0 bridgehead atoms. The molecule has 2 aromatic heterocycles. The molecule has 3 rings (SSSR count). The first-order valence-electron chi connectivity index (χ1n) is 8.92. The third-order valence-corrected chi connectivity index (χ3v) is 4.67. The number of carbonyl (C=O) groups is 2. The van der Waals surface area contributed by atoms with Crippen molar-refractivity contribution in [2.45, 2.75) is 44.7 Å². The lowest BCUT2D eigenvalue weighted by atomic mass is 9.96. The molecule has 0 spiro atoms. The number of aromatic nitrogens is 3. The van der Waals surface area contributed by atoms with Crippen molar-refractivity contribution in [3.8, 4) is 6.07 Å². The molecule has 0 saturated carbocycles. The number of aliphatic hydroxyl groups excluding tert-OH is 2. The second-order valence-electron chi connectivity index (χ2n) is 7.06. The van der Waals surface area contributed by atoms with Crippen LogP contribution in [-0.4, -0.2) is 61.1 Å². The van der Waals surface area contributed by atoms with Crippen molar-refractivity contribution in [1.29, 1.82) is 5.26 Å². The summed E-state index contributed by atoms with van der Waals surface area (Å²) in [6.07, 6.45) is -3.01. The van der Waals surface area contributed by atoms with Crippen molar-refractivity contribution in [1.82, 2.24) is 14.6 Å². The number of nitrogens with one attached hydrogen (secondary N) is 1. The second-order valence-corrected chi connectivity index (χ2v) is 7.06. The minimum Gasteiger partial charge on any atom is -0.462 e. The summed E-state index contributed by atoms with van der Waals surface area (Å²) in [4.78, 5) is 27.2. The van der Waals surface area contributed by atoms with Gasteiger partial charge in [0.25, 0.3) is 0 Å². The number of fused-ring (bicyclic) bond motifs is 1. The average Bonchev–Trinajstić information content (AvgIpc) is 3.21. The second kappa shape index (κ2) is 7.75. The predicted octanol–water partition coefficient (Wildman–Crippen LogP) is -0.0576. The Labute approximate surface area is 165 Å². The van der Waals surface area contributed by atoms with Crippen molar-refractivity contribution in [3.05, 3.63) is 24.2 Å². The van der Waals surface area contributed by atoms with E-state index in [2.05, 4.69) is 15.4 Å². The van der Waals surface area contributed by atoms with E-state index in [1.807, 2.05) is 0 Å². The highest BCUT2D eigenvalue weighted by molar-refractivity contribution is 5.94. The molecule has 1 fully saturated rings. The van der Waals surface area contributed by atoms with E-state index in [-0.39, 0.29) is 17.6 Å². The van der Waals surface area contributed by atoms with Gasteiger partial charge in [0.05, 0.1) is 5.69 Å². The van der Waals surface area contributed by atoms with Crippen LogP contribution in [0.5, 0.6) is 0 Å². The van der Waals surface area contributed by atoms with Gasteiger partial charge in [-0.3, -0.25) is 9.59 Å². The van der Waals surface area contributed by atoms with Crippen molar-refractivity contribution in [2.75, 3.05) is 11.9 Å². The molecule has 0 aliphatic carbocycles. The molecule has 1 unspecified atom stereocenters. The summed E-state index contributed by atoms with van der Waals surface area (Å²) in [6.45, 7) is 4.10. The number of hydrogen-bond acceptors (Lipinski definition) is 9. The van der Waals surface area contributed by atoms with Gasteiger partial charge in [0.1, 0.15) is 42.8 Å². The van der Waals surface area contributed by atoms with Crippen LogP contribution < -0.4 is 5.32 Å². The lowest BCUT2D eigenvalue weighted by molar-refractivity contribution is -0.152. The Kier molecular flexibility index (Phi) is 5.52. The third kappa shape index (κ3) is 3.65. The maximum Gasteiger partial charge on any atom is 0.302 e. The molecule has 1 aliphatic heterocycles. The summed E-state index contributed by atoms with van der Waals surface area (Å²) in [5.74, 6) is -0.873. The zero-order valence-corrected chi connectivity index (χ0v) is 16.1. The van der Waals surface area contributed by atoms with Crippen molar-refractivity contribution < 1.29 is 29.3 Å². The van der Waals surface area contributed by atoms with Gasteiger partial charge in [-0.05, 0) is 12.1 Å². The number of rotatable bonds is 5. The van der Waals surface area contributed by atoms with Gasteiger partial charge >= 0.3 is 5.97 Å². The highest BCUT2D eigenvalue weighted by atomic mass is 16.6. The maximum atomic E-state index is 12.0. The number of amides is 1. The van der Waals surface area contributed by atoms with Crippen LogP contribution >= 0.6 is 0 Å². The van der Waals surface area contributed by atoms with Gasteiger partial charge in [0, 0.05) is 12.8 Å². The number of aliphatic hydroxyl groups is 2. The van der Waals surface area contributed by atoms with Crippen molar-refractivity contribution >= 4 is 23.2 Å². The molecule has 1 amide bonds. The monoisotopic (exact) mass is 403 g/mol. The molecule has 2 aromatic rings. The van der Waals surface area contributed by atoms with E-state index >= 15 is 0 Å². The Hall–Kier alpha value is -3.07. The quantitative estimate of drug-likeness (QED) is 0.581. The van der Waals surface area contributed by atoms with E-state index in [1.165, 1.54) is 10.8 Å². The molecule has 11 heteroatoms. The number of anilines is 1. The Balaban J connectivity index is 1.96. The van der Waals surface area contributed by atoms with E-state index in [0.29, 0.717) is 11.2 Å². The summed E-state index contributed by atoms with van der Waals surface area (Å²) in [5, 5.41) is 37.3. The van der Waals surface area contributed by atoms with E-state index in [0.717, 1.165) is 6.92 Å². The van der Waals surface area contributed by atoms with Gasteiger partial charge in [-0.25, -0.2) is 9.50 Å². The van der Waals surface area contributed by atoms with Crippen LogP contribution in [0.2, 0.25) is 0 Å². The molecule has 154 valence electrons. The van der Waals surface area contributed by atoms with Crippen LogP contribution in [0.15, 0.2) is 18.5 Å². The molecule has 0 radical (unpaired) electrons. The van der Waals surface area contributed by atoms with E-state index < -0.39 is 36.5 Å². The SMILES string of the molecule is CC(=O)OC[C@@]1(C#N)OC(c2ccc3c(NC(=O)C(C)C)ncnn23)[C@H](O)[C@@H]1O. The number of nitriles is 1. The van der Waals surface area contributed by atoms with Gasteiger partial charge in [0.2, 0.25) is 11.5 Å². The molecule has 3 N–H and O–H groups in total. The fraction of sp³-hybridized carbons (Fsp3) is 0.500. The molecule has 0 aromatic carbocycles. The number of esters is 1. The van der Waals surface area contributed by atoms with Crippen molar-refractivity contribution in [2.24, 2.45) is 5.92 Å². The molecule has 29 heavy (non-hydrogen) atoms. The van der Waals surface area contributed by atoms with Gasteiger partial charge < -0.3 is 25.0 Å². The Morgan fingerprint density at radius 1 is 1.45 bits per heavy atom. The minimum atomic E-state index is -1.93. The first kappa shape index (κ1) is 20.7. The summed E-state index contributed by atoms with van der Waals surface area (Å²) in [7, 11) is 0. The van der Waals surface area contributed by atoms with Gasteiger partial charge in [-0.2, -0.15) is 10.4 Å². The van der Waals surface area contributed by atoms with Crippen LogP contribution in [0.25, 0.3) is 5.52 Å². The lowest BCUT2D eigenvalue weighted by Crippen LogP contribution is -2.46. The summed E-state index contributed by atoms with van der Waals surface area (Å²) < 4.78 is 11.9. The zero-order valence-electron chi connectivity index (χ0n) is 16.1. The highest BCUT2D eigenvalue weighted by Gasteiger charge is 2.56. The number of nitrogens with zero attached hydrogens (tertiary/aromatic N) is 4. The van der Waals surface area contributed by atoms with Crippen molar-refractivity contribution in [3.63, 3.8) is 0 Å². The van der Waals surface area contributed by atoms with E-state index in [9.17, 15) is 25.1 Å². The van der Waals surface area contributed by atoms with Gasteiger partial charge in [0.15, 0.2) is 5.82 Å². The first-order chi connectivity index (χ1) is 13.7. The van der Waals surface area contributed by atoms with Gasteiger partial charge in [-0.15, -0.1) is 0 Å². The van der Waals surface area contributed by atoms with Crippen LogP contribution in [0.1, 0.15) is 32.6 Å². The van der Waals surface area contributed by atoms with Crippen LogP contribution in [0.3, 0.4) is 0 Å². The normalized spacial score (nSPS) is 26.4. The van der Waals surface area contributed by atoms with E-state index in [1.54, 1.807) is 32.0 Å². The molecule has 1 aliphatic rings. The van der Waals surface area contributed by atoms with Gasteiger partial charge in [-0.1, -0.05) is 13.8 Å². The smallest absolute Gasteiger partial charge is 0.302 e. The molecule has 4 atom stereocenters. The fourth-order valence-electron chi connectivity index (χ4n) is 3.02. The fourth-order valence-corrected chi connectivity index (χ4v) is 3.02. The summed E-state index contributed by atoms with van der Waals surface area (Å²) in [6, 6.07) is 4.99. The standard InChI is InChI=1S/C18H21N5O6/c1-9(2)17(27)22-16-12-5-4-11(23(12)21-8-20-16)14-13(25)15(26)18(6-19,29-14)7-28-10(3)24/h4-5,8-9,13-15,25-26H,7H2,1-3H3,(H,20,21,22,27)/t13-,14?,15-,18+/m0/s1. The first-order valence-corrected chi connectivity index (χ1v) is 8.92. The Morgan fingerprint density at radius 2 is 2.17 bits per heavy atom. The molecule has 11 nitrogen and oxygen atoms in total. The van der Waals surface area contributed by atoms with Crippen LogP contribution in [-0.2, 0) is 19.1 Å². The number of carbonyl (C=O) groups excluding carboxylic acids is 2. The van der Waals surface area contributed by atoms with Crippen LogP contribution in [0, 0.1) is 17.2 Å². The predicted molar refractivity (Wildman–Crippen MR) is 97.3 cm³/mol. The molecular weight excluding hydrogens is 382 g/mol. The topological polar surface area (TPSA) is 159 Å². The third-order valence-electron chi connectivity index (χ3n) is 4.67. The number of hydrogen-bond donors (Lipinski definition) is 3. The largest absolute Gasteiger partial charge is 0.462 e. The molecule has 1 saturated heterocycles. The maximum absolute atomic E-state index is 12.0. The summed E-state index contributed by atoms with van der Waals surface area (Å²) in [5.41, 5.74) is -1.16. The molecular formula is C18H21N5O6. The summed E-state index contributed by atoms with van der Waals surface area (Å²) >= 11 is 0. The lowest BCUT2D eigenvalue weighted by Gasteiger charge is -2.23. The van der Waals surface area contributed by atoms with E-state index in [4.69, 9.17) is 9.47 Å². The zero-order chi connectivity index (χ0) is 21.3. The average molecular weight is 403 g/mol.